The van der Waals surface area contributed by atoms with E-state index in [9.17, 15) is 4.79 Å². The van der Waals surface area contributed by atoms with Gasteiger partial charge in [-0.3, -0.25) is 4.79 Å². The number of nitrogens with zero attached hydrogens (tertiary/aromatic N) is 3. The number of nitrogens with one attached hydrogen (secondary N) is 1. The Morgan fingerprint density at radius 3 is 2.41 bits per heavy atom. The zero-order valence-corrected chi connectivity index (χ0v) is 16.9. The van der Waals surface area contributed by atoms with Crippen LogP contribution in [0, 0.1) is 6.92 Å². The summed E-state index contributed by atoms with van der Waals surface area (Å²) >= 11 is 12.0. The Kier molecular flexibility index (Phi) is 5.34. The highest BCUT2D eigenvalue weighted by Crippen LogP contribution is 2.25. The van der Waals surface area contributed by atoms with Crippen molar-refractivity contribution in [2.24, 2.45) is 0 Å². The van der Waals surface area contributed by atoms with E-state index in [4.69, 9.17) is 23.2 Å². The van der Waals surface area contributed by atoms with E-state index in [1.54, 1.807) is 41.1 Å². The molecule has 0 radical (unpaired) electrons. The van der Waals surface area contributed by atoms with Crippen LogP contribution in [0.1, 0.15) is 16.2 Å². The lowest BCUT2D eigenvalue weighted by Gasteiger charge is -2.08. The third-order valence-corrected chi connectivity index (χ3v) is 4.83. The van der Waals surface area contributed by atoms with E-state index in [1.165, 1.54) is 0 Å². The van der Waals surface area contributed by atoms with Gasteiger partial charge in [0.1, 0.15) is 0 Å². The molecular weight excluding hydrogens is 407 g/mol. The molecule has 0 fully saturated rings. The van der Waals surface area contributed by atoms with Gasteiger partial charge in [0.2, 0.25) is 5.82 Å². The van der Waals surface area contributed by atoms with Crippen molar-refractivity contribution in [2.45, 2.75) is 6.92 Å². The van der Waals surface area contributed by atoms with Gasteiger partial charge in [-0.1, -0.05) is 47.5 Å². The molecule has 0 unspecified atom stereocenters. The fourth-order valence-electron chi connectivity index (χ4n) is 2.92. The van der Waals surface area contributed by atoms with E-state index in [2.05, 4.69) is 15.4 Å². The summed E-state index contributed by atoms with van der Waals surface area (Å²) in [6, 6.07) is 21.9. The third kappa shape index (κ3) is 4.16. The number of aryl methyl sites for hydroxylation is 1. The van der Waals surface area contributed by atoms with Crippen molar-refractivity contribution >= 4 is 34.8 Å². The Balaban J connectivity index is 1.78. The SMILES string of the molecule is Cc1ccccc1-n1nc(C(=O)Nc2cccc(Cl)c2)nc1-c1ccc(Cl)cc1. The molecule has 0 aliphatic heterocycles. The molecule has 0 aliphatic rings. The van der Waals surface area contributed by atoms with Gasteiger partial charge < -0.3 is 5.32 Å². The van der Waals surface area contributed by atoms with Crippen LogP contribution in [0.3, 0.4) is 0 Å². The second-order valence-corrected chi connectivity index (χ2v) is 7.30. The fourth-order valence-corrected chi connectivity index (χ4v) is 3.23. The highest BCUT2D eigenvalue weighted by Gasteiger charge is 2.20. The summed E-state index contributed by atoms with van der Waals surface area (Å²) in [4.78, 5) is 17.3. The Bertz CT molecular complexity index is 1190. The minimum absolute atomic E-state index is 0.0539. The van der Waals surface area contributed by atoms with Crippen molar-refractivity contribution in [3.63, 3.8) is 0 Å². The van der Waals surface area contributed by atoms with E-state index in [0.717, 1.165) is 16.8 Å². The molecule has 29 heavy (non-hydrogen) atoms. The highest BCUT2D eigenvalue weighted by molar-refractivity contribution is 6.31. The van der Waals surface area contributed by atoms with Crippen molar-refractivity contribution in [3.05, 3.63) is 94.2 Å². The summed E-state index contributed by atoms with van der Waals surface area (Å²) in [5.74, 6) is 0.181. The van der Waals surface area contributed by atoms with Crippen molar-refractivity contribution in [1.29, 1.82) is 0 Å². The monoisotopic (exact) mass is 422 g/mol. The summed E-state index contributed by atoms with van der Waals surface area (Å²) in [7, 11) is 0. The standard InChI is InChI=1S/C22H16Cl2N4O/c1-14-5-2-3-8-19(14)28-21(15-9-11-16(23)12-10-15)26-20(27-28)22(29)25-18-7-4-6-17(24)13-18/h2-13H,1H3,(H,25,29). The number of anilines is 1. The lowest BCUT2D eigenvalue weighted by atomic mass is 10.2. The third-order valence-electron chi connectivity index (χ3n) is 4.34. The normalized spacial score (nSPS) is 10.7. The van der Waals surface area contributed by atoms with Gasteiger partial charge in [-0.2, -0.15) is 0 Å². The first kappa shape index (κ1) is 19.2. The van der Waals surface area contributed by atoms with E-state index >= 15 is 0 Å². The van der Waals surface area contributed by atoms with Gasteiger partial charge in [-0.15, -0.1) is 5.10 Å². The number of hydrogen-bond donors (Lipinski definition) is 1. The van der Waals surface area contributed by atoms with Gasteiger partial charge in [0.15, 0.2) is 5.82 Å². The molecule has 4 rings (SSSR count). The van der Waals surface area contributed by atoms with Crippen LogP contribution >= 0.6 is 23.2 Å². The van der Waals surface area contributed by atoms with E-state index < -0.39 is 5.91 Å². The van der Waals surface area contributed by atoms with Gasteiger partial charge in [0, 0.05) is 21.3 Å². The van der Waals surface area contributed by atoms with Crippen LogP contribution in [-0.2, 0) is 0 Å². The zero-order valence-electron chi connectivity index (χ0n) is 15.4. The van der Waals surface area contributed by atoms with Crippen LogP contribution in [0.5, 0.6) is 0 Å². The van der Waals surface area contributed by atoms with Crippen LogP contribution in [0.15, 0.2) is 72.8 Å². The Morgan fingerprint density at radius 1 is 0.931 bits per heavy atom. The Hall–Kier alpha value is -3.15. The molecule has 144 valence electrons. The fraction of sp³-hybridized carbons (Fsp3) is 0.0455. The average molecular weight is 423 g/mol. The molecule has 5 nitrogen and oxygen atoms in total. The second kappa shape index (κ2) is 8.07. The number of rotatable bonds is 4. The summed E-state index contributed by atoms with van der Waals surface area (Å²) in [5, 5.41) is 8.42. The molecule has 1 heterocycles. The molecule has 0 saturated carbocycles. The maximum absolute atomic E-state index is 12.8. The molecule has 1 amide bonds. The molecule has 0 spiro atoms. The molecule has 4 aromatic rings. The maximum atomic E-state index is 12.8. The van der Waals surface area contributed by atoms with Crippen LogP contribution in [-0.4, -0.2) is 20.7 Å². The van der Waals surface area contributed by atoms with Crippen LogP contribution in [0.25, 0.3) is 17.1 Å². The van der Waals surface area contributed by atoms with Crippen LogP contribution in [0.2, 0.25) is 10.0 Å². The number of para-hydroxylation sites is 1. The van der Waals surface area contributed by atoms with E-state index in [0.29, 0.717) is 21.6 Å². The molecule has 1 N–H and O–H groups in total. The predicted octanol–water partition coefficient (Wildman–Crippen LogP) is 5.80. The van der Waals surface area contributed by atoms with E-state index in [-0.39, 0.29) is 5.82 Å². The molecule has 0 bridgehead atoms. The van der Waals surface area contributed by atoms with Gasteiger partial charge in [-0.25, -0.2) is 9.67 Å². The topological polar surface area (TPSA) is 59.8 Å². The number of carbonyl (C=O) groups is 1. The molecule has 1 aromatic heterocycles. The minimum Gasteiger partial charge on any atom is -0.319 e. The number of carbonyl (C=O) groups excluding carboxylic acids is 1. The Morgan fingerprint density at radius 2 is 1.69 bits per heavy atom. The van der Waals surface area contributed by atoms with Crippen molar-refractivity contribution in [3.8, 4) is 17.1 Å². The summed E-state index contributed by atoms with van der Waals surface area (Å²) in [6.07, 6.45) is 0. The van der Waals surface area contributed by atoms with Gasteiger partial charge in [0.05, 0.1) is 5.69 Å². The molecule has 0 atom stereocenters. The van der Waals surface area contributed by atoms with Gasteiger partial charge in [0.25, 0.3) is 5.91 Å². The quantitative estimate of drug-likeness (QED) is 0.451. The number of benzene rings is 3. The second-order valence-electron chi connectivity index (χ2n) is 6.43. The minimum atomic E-state index is -0.421. The number of amides is 1. The smallest absolute Gasteiger partial charge is 0.295 e. The number of aromatic nitrogens is 3. The van der Waals surface area contributed by atoms with E-state index in [1.807, 2.05) is 43.3 Å². The highest BCUT2D eigenvalue weighted by atomic mass is 35.5. The lowest BCUT2D eigenvalue weighted by Crippen LogP contribution is -2.14. The van der Waals surface area contributed by atoms with Crippen molar-refractivity contribution in [1.82, 2.24) is 14.8 Å². The Labute approximate surface area is 177 Å². The predicted molar refractivity (Wildman–Crippen MR) is 116 cm³/mol. The van der Waals surface area contributed by atoms with Crippen molar-refractivity contribution in [2.75, 3.05) is 5.32 Å². The lowest BCUT2D eigenvalue weighted by molar-refractivity contribution is 0.101. The number of halogens is 2. The summed E-state index contributed by atoms with van der Waals surface area (Å²) in [5.41, 5.74) is 3.22. The summed E-state index contributed by atoms with van der Waals surface area (Å²) in [6.45, 7) is 1.98. The zero-order chi connectivity index (χ0) is 20.4. The summed E-state index contributed by atoms with van der Waals surface area (Å²) < 4.78 is 1.67. The first-order valence-corrected chi connectivity index (χ1v) is 9.63. The average Bonchev–Trinajstić information content (AvgIpc) is 3.14. The molecule has 0 aliphatic carbocycles. The first-order valence-electron chi connectivity index (χ1n) is 8.87. The van der Waals surface area contributed by atoms with Crippen molar-refractivity contribution < 1.29 is 4.79 Å². The molecule has 0 saturated heterocycles. The van der Waals surface area contributed by atoms with Gasteiger partial charge >= 0.3 is 0 Å². The van der Waals surface area contributed by atoms with Gasteiger partial charge in [-0.05, 0) is 61.0 Å². The number of hydrogen-bond acceptors (Lipinski definition) is 3. The largest absolute Gasteiger partial charge is 0.319 e. The molecular formula is C22H16Cl2N4O. The maximum Gasteiger partial charge on any atom is 0.295 e. The van der Waals surface area contributed by atoms with Crippen LogP contribution in [0.4, 0.5) is 5.69 Å². The first-order chi connectivity index (χ1) is 14.0. The molecule has 3 aromatic carbocycles. The van der Waals surface area contributed by atoms with Crippen LogP contribution < -0.4 is 5.32 Å². The molecule has 7 heteroatoms.